The van der Waals surface area contributed by atoms with Gasteiger partial charge in [-0.25, -0.2) is 13.2 Å². The lowest BCUT2D eigenvalue weighted by Gasteiger charge is -2.27. The number of rotatable bonds is 10. The van der Waals surface area contributed by atoms with Crippen molar-refractivity contribution in [3.8, 4) is 0 Å². The van der Waals surface area contributed by atoms with Crippen LogP contribution in [0, 0.1) is 10.8 Å². The lowest BCUT2D eigenvalue weighted by atomic mass is 9.90. The molecule has 1 rings (SSSR count). The minimum absolute atomic E-state index is 0.0185. The molecule has 0 aliphatic carbocycles. The molecular weight excluding hydrogens is 358 g/mol. The van der Waals surface area contributed by atoms with Crippen molar-refractivity contribution in [1.29, 1.82) is 0 Å². The van der Waals surface area contributed by atoms with Crippen LogP contribution in [0.4, 0.5) is 4.79 Å². The van der Waals surface area contributed by atoms with E-state index in [0.29, 0.717) is 23.7 Å². The zero-order valence-corrected chi connectivity index (χ0v) is 17.4. The Hall–Kier alpha value is -1.19. The van der Waals surface area contributed by atoms with Crippen molar-refractivity contribution in [2.45, 2.75) is 60.3 Å². The van der Waals surface area contributed by atoms with Crippen LogP contribution in [0.25, 0.3) is 0 Å². The molecule has 0 aromatic carbocycles. The first kappa shape index (κ1) is 22.9. The van der Waals surface area contributed by atoms with Crippen molar-refractivity contribution in [2.24, 2.45) is 10.8 Å². The molecule has 8 nitrogen and oxygen atoms in total. The lowest BCUT2D eigenvalue weighted by molar-refractivity contribution is -0.125. The van der Waals surface area contributed by atoms with E-state index < -0.39 is 21.5 Å². The number of sulfonamides is 1. The van der Waals surface area contributed by atoms with E-state index in [9.17, 15) is 23.2 Å². The highest BCUT2D eigenvalue weighted by Crippen LogP contribution is 2.27. The zero-order valence-electron chi connectivity index (χ0n) is 16.5. The summed E-state index contributed by atoms with van der Waals surface area (Å²) in [6, 6.07) is -0.402. The molecule has 0 bridgehead atoms. The van der Waals surface area contributed by atoms with Crippen LogP contribution >= 0.6 is 0 Å². The SMILES string of the molecule is CC(C)(C)CCCN(O)S(=O)(=O)CC(C)(C)CCCN1C(=O)CNC1=O. The zero-order chi connectivity index (χ0) is 20.2. The topological polar surface area (TPSA) is 107 Å². The summed E-state index contributed by atoms with van der Waals surface area (Å²) in [7, 11) is -3.78. The van der Waals surface area contributed by atoms with Gasteiger partial charge < -0.3 is 5.32 Å². The van der Waals surface area contributed by atoms with E-state index in [1.165, 1.54) is 0 Å². The third kappa shape index (κ3) is 7.59. The van der Waals surface area contributed by atoms with E-state index >= 15 is 0 Å². The van der Waals surface area contributed by atoms with Crippen LogP contribution in [-0.2, 0) is 14.8 Å². The minimum Gasteiger partial charge on any atom is -0.329 e. The number of nitrogens with zero attached hydrogens (tertiary/aromatic N) is 2. The molecule has 0 aromatic rings. The van der Waals surface area contributed by atoms with Gasteiger partial charge in [-0.2, -0.15) is 0 Å². The Balaban J connectivity index is 2.47. The fourth-order valence-electron chi connectivity index (χ4n) is 2.92. The molecule has 1 fully saturated rings. The van der Waals surface area contributed by atoms with Crippen LogP contribution in [-0.4, -0.2) is 60.3 Å². The van der Waals surface area contributed by atoms with E-state index in [-0.39, 0.29) is 36.7 Å². The molecule has 9 heteroatoms. The number of carbonyl (C=O) groups is 2. The molecule has 0 aromatic heterocycles. The molecule has 1 saturated heterocycles. The van der Waals surface area contributed by atoms with Crippen LogP contribution in [0.2, 0.25) is 0 Å². The first-order valence-electron chi connectivity index (χ1n) is 9.01. The minimum atomic E-state index is -3.78. The molecule has 0 radical (unpaired) electrons. The quantitative estimate of drug-likeness (QED) is 0.438. The summed E-state index contributed by atoms with van der Waals surface area (Å²) in [6.45, 7) is 10.2. The van der Waals surface area contributed by atoms with Gasteiger partial charge in [0, 0.05) is 13.1 Å². The summed E-state index contributed by atoms with van der Waals surface area (Å²) in [5.41, 5.74) is -0.494. The Morgan fingerprint density at radius 1 is 1.12 bits per heavy atom. The van der Waals surface area contributed by atoms with Gasteiger partial charge in [-0.1, -0.05) is 39.1 Å². The smallest absolute Gasteiger partial charge is 0.324 e. The molecule has 0 unspecified atom stereocenters. The van der Waals surface area contributed by atoms with Crippen molar-refractivity contribution in [3.05, 3.63) is 0 Å². The molecule has 2 N–H and O–H groups in total. The molecule has 0 spiro atoms. The summed E-state index contributed by atoms with van der Waals surface area (Å²) in [4.78, 5) is 24.2. The number of carbonyl (C=O) groups excluding carboxylic acids is 2. The van der Waals surface area contributed by atoms with Crippen molar-refractivity contribution in [2.75, 3.05) is 25.4 Å². The fraction of sp³-hybridized carbons (Fsp3) is 0.882. The van der Waals surface area contributed by atoms with Gasteiger partial charge in [-0.15, -0.1) is 0 Å². The standard InChI is InChI=1S/C17H33N3O5S/c1-16(2,3)8-6-11-20(23)26(24,25)13-17(4,5)9-7-10-19-14(21)12-18-15(19)22/h23H,6-13H2,1-5H3,(H,18,22). The first-order chi connectivity index (χ1) is 11.7. The normalized spacial score (nSPS) is 16.5. The van der Waals surface area contributed by atoms with Crippen LogP contribution in [0.15, 0.2) is 0 Å². The fourth-order valence-corrected chi connectivity index (χ4v) is 4.61. The predicted molar refractivity (Wildman–Crippen MR) is 99.1 cm³/mol. The highest BCUT2D eigenvalue weighted by atomic mass is 32.2. The van der Waals surface area contributed by atoms with Crippen molar-refractivity contribution in [3.63, 3.8) is 0 Å². The molecule has 0 saturated carbocycles. The molecule has 26 heavy (non-hydrogen) atoms. The van der Waals surface area contributed by atoms with E-state index in [1.54, 1.807) is 13.8 Å². The van der Waals surface area contributed by atoms with Gasteiger partial charge in [0.2, 0.25) is 15.9 Å². The number of hydrogen-bond donors (Lipinski definition) is 2. The third-order valence-corrected chi connectivity index (χ3v) is 6.31. The molecule has 3 amide bonds. The summed E-state index contributed by atoms with van der Waals surface area (Å²) in [6.07, 6.45) is 2.43. The van der Waals surface area contributed by atoms with Crippen molar-refractivity contribution < 1.29 is 23.2 Å². The molecule has 1 aliphatic rings. The summed E-state index contributed by atoms with van der Waals surface area (Å²) < 4.78 is 25.2. The second kappa shape index (κ2) is 8.67. The van der Waals surface area contributed by atoms with E-state index in [4.69, 9.17) is 0 Å². The van der Waals surface area contributed by atoms with E-state index in [2.05, 4.69) is 26.1 Å². The average Bonchev–Trinajstić information content (AvgIpc) is 2.76. The van der Waals surface area contributed by atoms with Gasteiger partial charge in [0.05, 0.1) is 12.3 Å². The molecule has 1 heterocycles. The molecule has 152 valence electrons. The molecular formula is C17H33N3O5S. The number of hydroxylamine groups is 1. The summed E-state index contributed by atoms with van der Waals surface area (Å²) >= 11 is 0. The summed E-state index contributed by atoms with van der Waals surface area (Å²) in [5, 5.41) is 12.4. The van der Waals surface area contributed by atoms with E-state index in [0.717, 1.165) is 11.3 Å². The molecule has 0 atom stereocenters. The van der Waals surface area contributed by atoms with E-state index in [1.807, 2.05) is 0 Å². The van der Waals surface area contributed by atoms with Crippen molar-refractivity contribution >= 4 is 22.0 Å². The maximum Gasteiger partial charge on any atom is 0.324 e. The average molecular weight is 392 g/mol. The van der Waals surface area contributed by atoms with Gasteiger partial charge in [0.15, 0.2) is 0 Å². The number of hydrogen-bond acceptors (Lipinski definition) is 5. The second-order valence-electron chi connectivity index (χ2n) is 8.94. The highest BCUT2D eigenvalue weighted by molar-refractivity contribution is 7.88. The Labute approximate surface area is 156 Å². The number of nitrogens with one attached hydrogen (secondary N) is 1. The maximum absolute atomic E-state index is 12.4. The Kier molecular flexibility index (Phi) is 7.62. The second-order valence-corrected chi connectivity index (χ2v) is 10.8. The van der Waals surface area contributed by atoms with Crippen LogP contribution in [0.5, 0.6) is 0 Å². The van der Waals surface area contributed by atoms with Gasteiger partial charge >= 0.3 is 6.03 Å². The highest BCUT2D eigenvalue weighted by Gasteiger charge is 2.32. The van der Waals surface area contributed by atoms with Gasteiger partial charge in [0.25, 0.3) is 0 Å². The Morgan fingerprint density at radius 3 is 2.23 bits per heavy atom. The van der Waals surface area contributed by atoms with Gasteiger partial charge in [0.1, 0.15) is 0 Å². The van der Waals surface area contributed by atoms with Crippen LogP contribution < -0.4 is 5.32 Å². The first-order valence-corrected chi connectivity index (χ1v) is 10.6. The van der Waals surface area contributed by atoms with Crippen molar-refractivity contribution in [1.82, 2.24) is 14.7 Å². The number of amides is 3. The van der Waals surface area contributed by atoms with Crippen LogP contribution in [0.3, 0.4) is 0 Å². The van der Waals surface area contributed by atoms with Gasteiger partial charge in [-0.05, 0) is 36.5 Å². The summed E-state index contributed by atoms with van der Waals surface area (Å²) in [5.74, 6) is -0.451. The monoisotopic (exact) mass is 391 g/mol. The lowest BCUT2D eigenvalue weighted by Crippen LogP contribution is -2.37. The molecule has 1 aliphatic heterocycles. The van der Waals surface area contributed by atoms with Gasteiger partial charge in [-0.3, -0.25) is 14.9 Å². The number of imide groups is 1. The Morgan fingerprint density at radius 2 is 1.73 bits per heavy atom. The Bertz CT molecular complexity index is 594. The van der Waals surface area contributed by atoms with Crippen LogP contribution in [0.1, 0.15) is 60.3 Å². The largest absolute Gasteiger partial charge is 0.329 e. The predicted octanol–water partition coefficient (Wildman–Crippen LogP) is 2.19. The maximum atomic E-state index is 12.4. The third-order valence-electron chi connectivity index (χ3n) is 4.34. The number of urea groups is 1.